The lowest BCUT2D eigenvalue weighted by atomic mass is 10.2. The van der Waals surface area contributed by atoms with Crippen molar-refractivity contribution in [3.8, 4) is 0 Å². The van der Waals surface area contributed by atoms with Crippen molar-refractivity contribution in [3.63, 3.8) is 0 Å². The molecule has 8 heteroatoms. The third-order valence-corrected chi connectivity index (χ3v) is 3.00. The summed E-state index contributed by atoms with van der Waals surface area (Å²) in [5.41, 5.74) is 0.545. The molecule has 0 spiro atoms. The number of H-pyrrole nitrogens is 3. The van der Waals surface area contributed by atoms with E-state index in [1.165, 1.54) is 0 Å². The zero-order valence-electron chi connectivity index (χ0n) is 10.7. The van der Waals surface area contributed by atoms with Gasteiger partial charge in [-0.05, 0) is 6.42 Å². The number of nitrogens with zero attached hydrogens (tertiary/aromatic N) is 2. The summed E-state index contributed by atoms with van der Waals surface area (Å²) in [6, 6.07) is 0. The summed E-state index contributed by atoms with van der Waals surface area (Å²) in [7, 11) is 0. The number of nitrogens with one attached hydrogen (secondary N) is 4. The van der Waals surface area contributed by atoms with Gasteiger partial charge in [-0.15, -0.1) is 0 Å². The summed E-state index contributed by atoms with van der Waals surface area (Å²) < 4.78 is 0. The maximum atomic E-state index is 10.8. The highest BCUT2D eigenvalue weighted by atomic mass is 35.5. The second-order valence-electron chi connectivity index (χ2n) is 4.28. The number of aryl methyl sites for hydroxylation is 1. The molecular formula is C11H17ClN6O. The molecule has 2 aromatic heterocycles. The van der Waals surface area contributed by atoms with Crippen molar-refractivity contribution >= 4 is 11.6 Å². The summed E-state index contributed by atoms with van der Waals surface area (Å²) >= 11 is 6.05. The van der Waals surface area contributed by atoms with E-state index in [2.05, 4.69) is 37.4 Å². The quantitative estimate of drug-likeness (QED) is 0.611. The van der Waals surface area contributed by atoms with Crippen LogP contribution in [-0.4, -0.2) is 25.1 Å². The highest BCUT2D eigenvalue weighted by Gasteiger charge is 2.07. The highest BCUT2D eigenvalue weighted by Crippen LogP contribution is 2.13. The maximum absolute atomic E-state index is 10.8. The van der Waals surface area contributed by atoms with Crippen LogP contribution in [0.3, 0.4) is 0 Å². The largest absolute Gasteiger partial charge is 0.344 e. The Hall–Kier alpha value is -1.60. The molecule has 4 N–H and O–H groups in total. The van der Waals surface area contributed by atoms with Gasteiger partial charge in [0, 0.05) is 13.0 Å². The minimum atomic E-state index is -0.307. The van der Waals surface area contributed by atoms with Crippen molar-refractivity contribution in [2.45, 2.75) is 39.3 Å². The van der Waals surface area contributed by atoms with Gasteiger partial charge in [0.25, 0.3) is 0 Å². The molecular weight excluding hydrogens is 268 g/mol. The van der Waals surface area contributed by atoms with E-state index in [1.54, 1.807) is 0 Å². The average Bonchev–Trinajstić information content (AvgIpc) is 2.94. The van der Waals surface area contributed by atoms with Gasteiger partial charge < -0.3 is 10.3 Å². The number of rotatable bonds is 7. The molecule has 19 heavy (non-hydrogen) atoms. The van der Waals surface area contributed by atoms with Crippen LogP contribution >= 0.6 is 11.6 Å². The van der Waals surface area contributed by atoms with Crippen LogP contribution in [0.25, 0.3) is 0 Å². The summed E-state index contributed by atoms with van der Waals surface area (Å²) in [6.07, 6.45) is 3.12. The van der Waals surface area contributed by atoms with Gasteiger partial charge in [0.1, 0.15) is 11.6 Å². The predicted molar refractivity (Wildman–Crippen MR) is 72.0 cm³/mol. The Morgan fingerprint density at radius 1 is 1.26 bits per heavy atom. The molecule has 0 fully saturated rings. The van der Waals surface area contributed by atoms with Gasteiger partial charge >= 0.3 is 5.69 Å². The van der Waals surface area contributed by atoms with Gasteiger partial charge in [-0.2, -0.15) is 5.10 Å². The molecule has 0 unspecified atom stereocenters. The molecule has 0 aliphatic heterocycles. The van der Waals surface area contributed by atoms with Crippen LogP contribution in [0.1, 0.15) is 37.1 Å². The lowest BCUT2D eigenvalue weighted by Crippen LogP contribution is -2.15. The van der Waals surface area contributed by atoms with Crippen LogP contribution in [-0.2, 0) is 19.5 Å². The Morgan fingerprint density at radius 3 is 2.79 bits per heavy atom. The summed E-state index contributed by atoms with van der Waals surface area (Å²) in [5, 5.41) is 9.74. The third-order valence-electron chi connectivity index (χ3n) is 2.69. The van der Waals surface area contributed by atoms with E-state index in [1.807, 2.05) is 0 Å². The normalized spacial score (nSPS) is 11.1. The molecule has 0 saturated carbocycles. The SMILES string of the molecule is CCCCc1nc(Cl)c(CNCc2n[nH]c(=O)[nH]2)[nH]1. The first kappa shape index (κ1) is 13.8. The second kappa shape index (κ2) is 6.53. The molecule has 104 valence electrons. The summed E-state index contributed by atoms with van der Waals surface area (Å²) in [5.74, 6) is 1.48. The molecule has 0 amide bonds. The fourth-order valence-corrected chi connectivity index (χ4v) is 1.93. The molecule has 2 rings (SSSR count). The van der Waals surface area contributed by atoms with Gasteiger partial charge in [0.15, 0.2) is 5.15 Å². The van der Waals surface area contributed by atoms with E-state index >= 15 is 0 Å². The highest BCUT2D eigenvalue weighted by molar-refractivity contribution is 6.30. The minimum Gasteiger partial charge on any atom is -0.344 e. The lowest BCUT2D eigenvalue weighted by Gasteiger charge is -2.00. The molecule has 0 aliphatic rings. The molecule has 7 nitrogen and oxygen atoms in total. The Bertz CT molecular complexity index is 572. The molecule has 0 bridgehead atoms. The van der Waals surface area contributed by atoms with Gasteiger partial charge in [-0.25, -0.2) is 14.9 Å². The lowest BCUT2D eigenvalue weighted by molar-refractivity contribution is 0.653. The molecule has 2 aromatic rings. The number of hydrogen-bond donors (Lipinski definition) is 4. The predicted octanol–water partition coefficient (Wildman–Crippen LogP) is 1.11. The monoisotopic (exact) mass is 284 g/mol. The Balaban J connectivity index is 1.85. The van der Waals surface area contributed by atoms with E-state index in [-0.39, 0.29) is 5.69 Å². The average molecular weight is 285 g/mol. The minimum absolute atomic E-state index is 0.307. The third kappa shape index (κ3) is 3.93. The number of aromatic nitrogens is 5. The standard InChI is InChI=1S/C11H17ClN6O/c1-2-3-4-8-14-7(10(12)15-8)5-13-6-9-16-11(19)18-17-9/h13H,2-6H2,1H3,(H,14,15)(H2,16,17,18,19). The van der Waals surface area contributed by atoms with Crippen molar-refractivity contribution in [2.75, 3.05) is 0 Å². The van der Waals surface area contributed by atoms with E-state index in [0.717, 1.165) is 30.8 Å². The molecule has 0 saturated heterocycles. The molecule has 0 atom stereocenters. The maximum Gasteiger partial charge on any atom is 0.340 e. The van der Waals surface area contributed by atoms with Crippen LogP contribution in [0.15, 0.2) is 4.79 Å². The Morgan fingerprint density at radius 2 is 2.11 bits per heavy atom. The topological polar surface area (TPSA) is 102 Å². The zero-order chi connectivity index (χ0) is 13.7. The Labute approximate surface area is 115 Å². The van der Waals surface area contributed by atoms with Crippen LogP contribution in [0.2, 0.25) is 5.15 Å². The van der Waals surface area contributed by atoms with Gasteiger partial charge in [0.2, 0.25) is 0 Å². The van der Waals surface area contributed by atoms with Crippen molar-refractivity contribution in [1.82, 2.24) is 30.5 Å². The number of hydrogen-bond acceptors (Lipinski definition) is 4. The molecule has 0 radical (unpaired) electrons. The van der Waals surface area contributed by atoms with Crippen LogP contribution in [0.5, 0.6) is 0 Å². The van der Waals surface area contributed by atoms with E-state index in [0.29, 0.717) is 24.1 Å². The van der Waals surface area contributed by atoms with Crippen molar-refractivity contribution in [2.24, 2.45) is 0 Å². The number of unbranched alkanes of at least 4 members (excludes halogenated alkanes) is 1. The van der Waals surface area contributed by atoms with Gasteiger partial charge in [0.05, 0.1) is 12.2 Å². The fourth-order valence-electron chi connectivity index (χ4n) is 1.71. The van der Waals surface area contributed by atoms with Crippen molar-refractivity contribution in [1.29, 1.82) is 0 Å². The summed E-state index contributed by atoms with van der Waals surface area (Å²) in [4.78, 5) is 20.9. The van der Waals surface area contributed by atoms with Crippen molar-refractivity contribution < 1.29 is 0 Å². The summed E-state index contributed by atoms with van der Waals surface area (Å²) in [6.45, 7) is 3.14. The smallest absolute Gasteiger partial charge is 0.340 e. The second-order valence-corrected chi connectivity index (χ2v) is 4.64. The number of halogens is 1. The first-order valence-electron chi connectivity index (χ1n) is 6.26. The van der Waals surface area contributed by atoms with E-state index in [9.17, 15) is 4.79 Å². The van der Waals surface area contributed by atoms with Gasteiger partial charge in [-0.3, -0.25) is 4.98 Å². The zero-order valence-corrected chi connectivity index (χ0v) is 11.5. The number of imidazole rings is 1. The fraction of sp³-hybridized carbons (Fsp3) is 0.545. The van der Waals surface area contributed by atoms with Crippen molar-refractivity contribution in [3.05, 3.63) is 33.0 Å². The first-order valence-corrected chi connectivity index (χ1v) is 6.64. The Kier molecular flexibility index (Phi) is 4.75. The molecule has 0 aliphatic carbocycles. The number of aromatic amines is 3. The van der Waals surface area contributed by atoms with Gasteiger partial charge in [-0.1, -0.05) is 24.9 Å². The van der Waals surface area contributed by atoms with Crippen LogP contribution < -0.4 is 11.0 Å². The van der Waals surface area contributed by atoms with E-state index in [4.69, 9.17) is 11.6 Å². The molecule has 2 heterocycles. The van der Waals surface area contributed by atoms with E-state index < -0.39 is 0 Å². The van der Waals surface area contributed by atoms with Crippen LogP contribution in [0, 0.1) is 0 Å². The van der Waals surface area contributed by atoms with Crippen LogP contribution in [0.4, 0.5) is 0 Å². The first-order chi connectivity index (χ1) is 9.19. The molecule has 0 aromatic carbocycles.